The molecule has 2 saturated heterocycles. The van der Waals surface area contributed by atoms with Gasteiger partial charge in [-0.05, 0) is 24.6 Å². The number of morpholine rings is 1. The maximum absolute atomic E-state index is 12.5. The molecule has 0 unspecified atom stereocenters. The maximum atomic E-state index is 12.5. The summed E-state index contributed by atoms with van der Waals surface area (Å²) in [5.41, 5.74) is 0.511. The summed E-state index contributed by atoms with van der Waals surface area (Å²) in [4.78, 5) is 28.3. The molecule has 2 heterocycles. The number of nitrogens with zero attached hydrogens (tertiary/aromatic N) is 2. The second-order valence-corrected chi connectivity index (χ2v) is 7.72. The molecular weight excluding hydrogens is 370 g/mol. The van der Waals surface area contributed by atoms with Crippen molar-refractivity contribution in [3.8, 4) is 5.75 Å². The van der Waals surface area contributed by atoms with Crippen LogP contribution in [-0.2, 0) is 9.53 Å². The summed E-state index contributed by atoms with van der Waals surface area (Å²) in [6.45, 7) is 2.06. The summed E-state index contributed by atoms with van der Waals surface area (Å²) in [5.74, 6) is 0.463. The Morgan fingerprint density at radius 2 is 2.15 bits per heavy atom. The second kappa shape index (κ2) is 8.46. The lowest BCUT2D eigenvalue weighted by Crippen LogP contribution is -2.47. The molecule has 1 aromatic carbocycles. The molecule has 148 valence electrons. The Bertz CT molecular complexity index is 712. The molecule has 1 aromatic rings. The van der Waals surface area contributed by atoms with E-state index in [0.29, 0.717) is 35.9 Å². The van der Waals surface area contributed by atoms with Crippen LogP contribution in [0, 0.1) is 0 Å². The Hall–Kier alpha value is -1.83. The number of hydrogen-bond donors (Lipinski definition) is 1. The molecule has 2 aliphatic heterocycles. The lowest BCUT2D eigenvalue weighted by atomic mass is 10.1. The number of rotatable bonds is 5. The Morgan fingerprint density at radius 3 is 2.81 bits per heavy atom. The monoisotopic (exact) mass is 395 g/mol. The largest absolute Gasteiger partial charge is 0.495 e. The Kier molecular flexibility index (Phi) is 6.24. The number of nitrogens with one attached hydrogen (secondary N) is 1. The molecule has 3 rings (SSSR count). The van der Waals surface area contributed by atoms with Gasteiger partial charge in [-0.2, -0.15) is 0 Å². The van der Waals surface area contributed by atoms with Gasteiger partial charge in [-0.3, -0.25) is 14.5 Å². The standard InChI is InChI=1S/C19H26ClN3O4/c1-22(2)18(24)8-15-10-23-9-13(7-14(23)11-27-15)21-19(25)12-4-5-17(26-3)16(20)6-12/h4-6,13-15H,7-11H2,1-3H3,(H,21,25)/t13-,14-,15-/m0/s1. The third-order valence-corrected chi connectivity index (χ3v) is 5.44. The van der Waals surface area contributed by atoms with Gasteiger partial charge in [0.05, 0.1) is 31.3 Å². The predicted molar refractivity (Wildman–Crippen MR) is 102 cm³/mol. The molecule has 8 heteroatoms. The number of benzene rings is 1. The van der Waals surface area contributed by atoms with Gasteiger partial charge in [0.15, 0.2) is 0 Å². The van der Waals surface area contributed by atoms with E-state index in [1.807, 2.05) is 0 Å². The fourth-order valence-electron chi connectivity index (χ4n) is 3.62. The minimum absolute atomic E-state index is 0.0512. The Labute approximate surface area is 164 Å². The topological polar surface area (TPSA) is 71.1 Å². The highest BCUT2D eigenvalue weighted by Crippen LogP contribution is 2.27. The summed E-state index contributed by atoms with van der Waals surface area (Å²) in [6.07, 6.45) is 1.13. The number of carbonyl (C=O) groups excluding carboxylic acids is 2. The van der Waals surface area contributed by atoms with E-state index in [1.54, 1.807) is 37.2 Å². The minimum Gasteiger partial charge on any atom is -0.495 e. The lowest BCUT2D eigenvalue weighted by Gasteiger charge is -2.35. The molecule has 2 amide bonds. The average molecular weight is 396 g/mol. The van der Waals surface area contributed by atoms with E-state index in [-0.39, 0.29) is 30.0 Å². The quantitative estimate of drug-likeness (QED) is 0.816. The van der Waals surface area contributed by atoms with Crippen molar-refractivity contribution >= 4 is 23.4 Å². The van der Waals surface area contributed by atoms with Crippen LogP contribution >= 0.6 is 11.6 Å². The SMILES string of the molecule is COc1ccc(C(=O)N[C@H]2C[C@H]3CO[C@@H](CC(=O)N(C)C)CN3C2)cc1Cl. The normalized spacial score (nSPS) is 25.0. The van der Waals surface area contributed by atoms with E-state index in [9.17, 15) is 9.59 Å². The van der Waals surface area contributed by atoms with Gasteiger partial charge in [0, 0.05) is 44.8 Å². The summed E-state index contributed by atoms with van der Waals surface area (Å²) in [6, 6.07) is 5.34. The number of fused-ring (bicyclic) bond motifs is 1. The van der Waals surface area contributed by atoms with Crippen LogP contribution in [-0.4, -0.2) is 80.7 Å². The van der Waals surface area contributed by atoms with Crippen LogP contribution in [0.15, 0.2) is 18.2 Å². The molecule has 0 aliphatic carbocycles. The van der Waals surface area contributed by atoms with Crippen LogP contribution in [0.5, 0.6) is 5.75 Å². The maximum Gasteiger partial charge on any atom is 0.251 e. The van der Waals surface area contributed by atoms with Gasteiger partial charge < -0.3 is 19.7 Å². The van der Waals surface area contributed by atoms with Crippen molar-refractivity contribution < 1.29 is 19.1 Å². The highest BCUT2D eigenvalue weighted by Gasteiger charge is 2.38. The van der Waals surface area contributed by atoms with Crippen LogP contribution < -0.4 is 10.1 Å². The van der Waals surface area contributed by atoms with Crippen LogP contribution in [0.3, 0.4) is 0 Å². The Balaban J connectivity index is 1.54. The van der Waals surface area contributed by atoms with Gasteiger partial charge in [0.1, 0.15) is 5.75 Å². The molecular formula is C19H26ClN3O4. The smallest absolute Gasteiger partial charge is 0.251 e. The molecule has 3 atom stereocenters. The molecule has 0 bridgehead atoms. The predicted octanol–water partition coefficient (Wildman–Crippen LogP) is 1.40. The van der Waals surface area contributed by atoms with Crippen molar-refractivity contribution in [3.63, 3.8) is 0 Å². The number of hydrogen-bond acceptors (Lipinski definition) is 5. The first-order valence-electron chi connectivity index (χ1n) is 9.07. The highest BCUT2D eigenvalue weighted by atomic mass is 35.5. The van der Waals surface area contributed by atoms with Gasteiger partial charge in [-0.1, -0.05) is 11.6 Å². The van der Waals surface area contributed by atoms with Gasteiger partial charge in [-0.25, -0.2) is 0 Å². The molecule has 0 aromatic heterocycles. The van der Waals surface area contributed by atoms with Crippen molar-refractivity contribution in [1.29, 1.82) is 0 Å². The third-order valence-electron chi connectivity index (χ3n) is 5.14. The Morgan fingerprint density at radius 1 is 1.37 bits per heavy atom. The molecule has 0 saturated carbocycles. The summed E-state index contributed by atoms with van der Waals surface area (Å²) >= 11 is 6.11. The number of carbonyl (C=O) groups is 2. The van der Waals surface area contributed by atoms with Crippen molar-refractivity contribution in [3.05, 3.63) is 28.8 Å². The van der Waals surface area contributed by atoms with Crippen molar-refractivity contribution in [1.82, 2.24) is 15.1 Å². The first kappa shape index (κ1) is 19.9. The van der Waals surface area contributed by atoms with Gasteiger partial charge in [0.25, 0.3) is 5.91 Å². The average Bonchev–Trinajstić information content (AvgIpc) is 3.02. The molecule has 27 heavy (non-hydrogen) atoms. The summed E-state index contributed by atoms with van der Waals surface area (Å²) in [7, 11) is 5.04. The number of halogens is 1. The van der Waals surface area contributed by atoms with Crippen molar-refractivity contribution in [2.45, 2.75) is 31.0 Å². The molecule has 2 fully saturated rings. The van der Waals surface area contributed by atoms with Gasteiger partial charge in [-0.15, -0.1) is 0 Å². The van der Waals surface area contributed by atoms with Crippen LogP contribution in [0.25, 0.3) is 0 Å². The number of ether oxygens (including phenoxy) is 2. The molecule has 7 nitrogen and oxygen atoms in total. The first-order chi connectivity index (χ1) is 12.9. The molecule has 0 radical (unpaired) electrons. The highest BCUT2D eigenvalue weighted by molar-refractivity contribution is 6.32. The minimum atomic E-state index is -0.148. The van der Waals surface area contributed by atoms with E-state index in [1.165, 1.54) is 7.11 Å². The first-order valence-corrected chi connectivity index (χ1v) is 9.45. The zero-order valence-corrected chi connectivity index (χ0v) is 16.7. The van der Waals surface area contributed by atoms with Crippen LogP contribution in [0.1, 0.15) is 23.2 Å². The fourth-order valence-corrected chi connectivity index (χ4v) is 3.88. The summed E-state index contributed by atoms with van der Waals surface area (Å²) in [5, 5.41) is 3.49. The van der Waals surface area contributed by atoms with E-state index < -0.39 is 0 Å². The van der Waals surface area contributed by atoms with Crippen molar-refractivity contribution in [2.24, 2.45) is 0 Å². The van der Waals surface area contributed by atoms with Gasteiger partial charge >= 0.3 is 0 Å². The fraction of sp³-hybridized carbons (Fsp3) is 0.579. The molecule has 0 spiro atoms. The summed E-state index contributed by atoms with van der Waals surface area (Å²) < 4.78 is 11.0. The number of amides is 2. The van der Waals surface area contributed by atoms with E-state index in [0.717, 1.165) is 13.0 Å². The van der Waals surface area contributed by atoms with E-state index >= 15 is 0 Å². The van der Waals surface area contributed by atoms with Crippen LogP contribution in [0.2, 0.25) is 5.02 Å². The van der Waals surface area contributed by atoms with Gasteiger partial charge in [0.2, 0.25) is 5.91 Å². The van der Waals surface area contributed by atoms with E-state index in [4.69, 9.17) is 21.1 Å². The lowest BCUT2D eigenvalue weighted by molar-refractivity contribution is -0.134. The zero-order valence-electron chi connectivity index (χ0n) is 15.9. The van der Waals surface area contributed by atoms with E-state index in [2.05, 4.69) is 10.2 Å². The second-order valence-electron chi connectivity index (χ2n) is 7.31. The molecule has 1 N–H and O–H groups in total. The third kappa shape index (κ3) is 4.72. The number of methoxy groups -OCH3 is 1. The van der Waals surface area contributed by atoms with Crippen LogP contribution in [0.4, 0.5) is 0 Å². The molecule has 2 aliphatic rings. The van der Waals surface area contributed by atoms with Crippen molar-refractivity contribution in [2.75, 3.05) is 40.9 Å². The zero-order chi connectivity index (χ0) is 19.6.